The maximum atomic E-state index is 6.37. The van der Waals surface area contributed by atoms with Gasteiger partial charge in [0.05, 0.1) is 0 Å². The summed E-state index contributed by atoms with van der Waals surface area (Å²) in [6.45, 7) is 4.35. The lowest BCUT2D eigenvalue weighted by molar-refractivity contribution is -0.590. The fourth-order valence-electron chi connectivity index (χ4n) is 2.85. The Labute approximate surface area is 134 Å². The van der Waals surface area contributed by atoms with Crippen LogP contribution in [0.1, 0.15) is 24.5 Å². The van der Waals surface area contributed by atoms with Crippen LogP contribution in [0.2, 0.25) is 10.3 Å². The Morgan fingerprint density at radius 1 is 1.19 bits per heavy atom. The van der Waals surface area contributed by atoms with Crippen LogP contribution in [0.25, 0.3) is 16.5 Å². The number of hydrogen-bond acceptors (Lipinski definition) is 0. The number of imidazole rings is 1. The third kappa shape index (κ3) is 2.43. The minimum absolute atomic E-state index is 0.463. The monoisotopic (exact) mass is 319 g/mol. The summed E-state index contributed by atoms with van der Waals surface area (Å²) < 4.78 is 1.95. The second-order valence-corrected chi connectivity index (χ2v) is 5.98. The van der Waals surface area contributed by atoms with E-state index in [-0.39, 0.29) is 0 Å². The van der Waals surface area contributed by atoms with Crippen molar-refractivity contribution in [2.75, 3.05) is 0 Å². The molecule has 3 rings (SSSR count). The van der Waals surface area contributed by atoms with Crippen LogP contribution < -0.4 is 4.57 Å². The zero-order valence-corrected chi connectivity index (χ0v) is 13.6. The van der Waals surface area contributed by atoms with Crippen LogP contribution in [0.5, 0.6) is 0 Å². The van der Waals surface area contributed by atoms with Crippen LogP contribution in [0, 0.1) is 6.92 Å². The van der Waals surface area contributed by atoms with Crippen molar-refractivity contribution < 1.29 is 4.57 Å². The number of aromatic nitrogens is 2. The molecule has 1 N–H and O–H groups in total. The lowest BCUT2D eigenvalue weighted by Gasteiger charge is -2.13. The highest BCUT2D eigenvalue weighted by Crippen LogP contribution is 2.29. The van der Waals surface area contributed by atoms with E-state index in [0.717, 1.165) is 18.5 Å². The summed E-state index contributed by atoms with van der Waals surface area (Å²) >= 11 is 12.5. The molecule has 0 fully saturated rings. The van der Waals surface area contributed by atoms with E-state index in [4.69, 9.17) is 23.2 Å². The smallest absolute Gasteiger partial charge is 0.232 e. The summed E-state index contributed by atoms with van der Waals surface area (Å²) in [7, 11) is 0. The summed E-state index contributed by atoms with van der Waals surface area (Å²) in [4.78, 5) is 2.99. The number of H-pyrrole nitrogens is 1. The van der Waals surface area contributed by atoms with Gasteiger partial charge in [-0.25, -0.2) is 4.98 Å². The molecule has 0 aliphatic carbocycles. The molecule has 0 saturated heterocycles. The van der Waals surface area contributed by atoms with E-state index in [1.165, 1.54) is 21.9 Å². The van der Waals surface area contributed by atoms with Crippen molar-refractivity contribution in [3.63, 3.8) is 0 Å². The van der Waals surface area contributed by atoms with Crippen molar-refractivity contribution in [3.05, 3.63) is 58.1 Å². The van der Waals surface area contributed by atoms with E-state index in [9.17, 15) is 0 Å². The van der Waals surface area contributed by atoms with Gasteiger partial charge in [-0.2, -0.15) is 4.57 Å². The molecule has 108 valence electrons. The molecule has 0 bridgehead atoms. The number of benzene rings is 2. The third-order valence-corrected chi connectivity index (χ3v) is 4.56. The molecule has 1 aromatic heterocycles. The lowest BCUT2D eigenvalue weighted by atomic mass is 9.96. The standard InChI is InChI=1S/C17H16Cl2N2/c1-3-6-13-11(2)9-12-7-4-5-8-14(12)15(13)21-10-20-16(18)17(21)19/h4-5,7-10H,3,6H2,1-2H3/p+1. The number of nitrogens with one attached hydrogen (secondary N) is 1. The van der Waals surface area contributed by atoms with Gasteiger partial charge in [-0.15, -0.1) is 0 Å². The predicted molar refractivity (Wildman–Crippen MR) is 88.6 cm³/mol. The number of fused-ring (bicyclic) bond motifs is 1. The van der Waals surface area contributed by atoms with Crippen molar-refractivity contribution in [2.45, 2.75) is 26.7 Å². The maximum Gasteiger partial charge on any atom is 0.260 e. The first-order chi connectivity index (χ1) is 10.1. The van der Waals surface area contributed by atoms with E-state index in [1.807, 2.05) is 10.9 Å². The summed E-state index contributed by atoms with van der Waals surface area (Å²) in [6, 6.07) is 10.6. The first-order valence-corrected chi connectivity index (χ1v) is 7.84. The van der Waals surface area contributed by atoms with Crippen molar-refractivity contribution in [3.8, 4) is 5.69 Å². The average Bonchev–Trinajstić information content (AvgIpc) is 2.80. The Balaban J connectivity index is 2.42. The highest BCUT2D eigenvalue weighted by atomic mass is 35.5. The molecule has 0 aliphatic rings. The molecule has 2 nitrogen and oxygen atoms in total. The summed E-state index contributed by atoms with van der Waals surface area (Å²) in [5.41, 5.74) is 3.73. The van der Waals surface area contributed by atoms with Crippen LogP contribution in [0.4, 0.5) is 0 Å². The quantitative estimate of drug-likeness (QED) is 0.654. The Kier molecular flexibility index (Phi) is 3.92. The van der Waals surface area contributed by atoms with Gasteiger partial charge in [0.1, 0.15) is 5.69 Å². The van der Waals surface area contributed by atoms with Crippen LogP contribution in [-0.4, -0.2) is 4.98 Å². The fraction of sp³-hybridized carbons (Fsp3) is 0.235. The highest BCUT2D eigenvalue weighted by molar-refractivity contribution is 6.39. The molecule has 1 heterocycles. The van der Waals surface area contributed by atoms with Gasteiger partial charge in [-0.3, -0.25) is 0 Å². The number of halogens is 2. The number of nitrogens with zero attached hydrogens (tertiary/aromatic N) is 1. The molecule has 2 aromatic carbocycles. The van der Waals surface area contributed by atoms with Gasteiger partial charge in [-0.1, -0.05) is 43.7 Å². The van der Waals surface area contributed by atoms with E-state index >= 15 is 0 Å². The summed E-state index contributed by atoms with van der Waals surface area (Å²) in [5, 5.41) is 3.38. The third-order valence-electron chi connectivity index (χ3n) is 3.80. The first-order valence-electron chi connectivity index (χ1n) is 7.09. The number of aryl methyl sites for hydroxylation is 1. The molecule has 4 heteroatoms. The number of aromatic amines is 1. The van der Waals surface area contributed by atoms with E-state index in [1.54, 1.807) is 0 Å². The van der Waals surface area contributed by atoms with Crippen LogP contribution >= 0.6 is 23.2 Å². The Morgan fingerprint density at radius 2 is 1.95 bits per heavy atom. The number of hydrogen-bond donors (Lipinski definition) is 1. The molecule has 0 saturated carbocycles. The van der Waals surface area contributed by atoms with Crippen LogP contribution in [0.15, 0.2) is 36.7 Å². The SMILES string of the molecule is CCCc1c(C)cc2ccccc2c1-[n+]1c[nH]c(Cl)c1Cl. The zero-order valence-electron chi connectivity index (χ0n) is 12.1. The molecule has 21 heavy (non-hydrogen) atoms. The van der Waals surface area contributed by atoms with Gasteiger partial charge < -0.3 is 0 Å². The molecule has 0 atom stereocenters. The molecule has 0 radical (unpaired) electrons. The first kappa shape index (κ1) is 14.4. The van der Waals surface area contributed by atoms with Gasteiger partial charge in [0.2, 0.25) is 6.33 Å². The van der Waals surface area contributed by atoms with Gasteiger partial charge in [0.15, 0.2) is 0 Å². The largest absolute Gasteiger partial charge is 0.260 e. The van der Waals surface area contributed by atoms with Gasteiger partial charge in [0.25, 0.3) is 10.3 Å². The molecule has 0 aliphatic heterocycles. The van der Waals surface area contributed by atoms with Crippen LogP contribution in [-0.2, 0) is 6.42 Å². The van der Waals surface area contributed by atoms with Crippen molar-refractivity contribution in [1.29, 1.82) is 0 Å². The fourth-order valence-corrected chi connectivity index (χ4v) is 3.18. The second-order valence-electron chi connectivity index (χ2n) is 5.24. The van der Waals surface area contributed by atoms with Crippen molar-refractivity contribution in [1.82, 2.24) is 4.98 Å². The normalized spacial score (nSPS) is 11.2. The Morgan fingerprint density at radius 3 is 2.62 bits per heavy atom. The van der Waals surface area contributed by atoms with E-state index < -0.39 is 0 Å². The maximum absolute atomic E-state index is 6.37. The Hall–Kier alpha value is -1.51. The van der Waals surface area contributed by atoms with Gasteiger partial charge >= 0.3 is 0 Å². The van der Waals surface area contributed by atoms with E-state index in [2.05, 4.69) is 49.2 Å². The van der Waals surface area contributed by atoms with Crippen molar-refractivity contribution >= 4 is 34.0 Å². The Bertz CT molecular complexity index is 806. The molecule has 3 aromatic rings. The highest BCUT2D eigenvalue weighted by Gasteiger charge is 2.22. The average molecular weight is 320 g/mol. The minimum Gasteiger partial charge on any atom is -0.232 e. The van der Waals surface area contributed by atoms with Gasteiger partial charge in [0, 0.05) is 10.9 Å². The van der Waals surface area contributed by atoms with Crippen LogP contribution in [0.3, 0.4) is 0 Å². The molecular weight excluding hydrogens is 303 g/mol. The molecular formula is C17H17Cl2N2+. The lowest BCUT2D eigenvalue weighted by Crippen LogP contribution is -2.31. The topological polar surface area (TPSA) is 19.7 Å². The number of rotatable bonds is 3. The van der Waals surface area contributed by atoms with Crippen molar-refractivity contribution in [2.24, 2.45) is 0 Å². The van der Waals surface area contributed by atoms with E-state index in [0.29, 0.717) is 10.3 Å². The second kappa shape index (κ2) is 5.70. The molecule has 0 amide bonds. The zero-order chi connectivity index (χ0) is 15.0. The molecule has 0 spiro atoms. The summed E-state index contributed by atoms with van der Waals surface area (Å²) in [6.07, 6.45) is 3.92. The van der Waals surface area contributed by atoms with Gasteiger partial charge in [-0.05, 0) is 47.5 Å². The minimum atomic E-state index is 0.463. The molecule has 0 unspecified atom stereocenters. The summed E-state index contributed by atoms with van der Waals surface area (Å²) in [5.74, 6) is 0. The predicted octanol–water partition coefficient (Wildman–Crippen LogP) is 5.01.